The van der Waals surface area contributed by atoms with Crippen molar-refractivity contribution in [2.75, 3.05) is 44.2 Å². The lowest BCUT2D eigenvalue weighted by atomic mass is 9.90. The van der Waals surface area contributed by atoms with Gasteiger partial charge in [0.2, 0.25) is 5.91 Å². The molecule has 0 saturated carbocycles. The van der Waals surface area contributed by atoms with Gasteiger partial charge in [0.05, 0.1) is 0 Å². The molecule has 1 atom stereocenters. The van der Waals surface area contributed by atoms with Crippen molar-refractivity contribution in [3.8, 4) is 0 Å². The number of aromatic nitrogens is 2. The summed E-state index contributed by atoms with van der Waals surface area (Å²) < 4.78 is 1.76. The largest absolute Gasteiger partial charge is 0.386 e. The Morgan fingerprint density at radius 2 is 1.71 bits per heavy atom. The Bertz CT molecular complexity index is 1220. The van der Waals surface area contributed by atoms with Gasteiger partial charge >= 0.3 is 0 Å². The first-order chi connectivity index (χ1) is 18.2. The molecule has 0 bridgehead atoms. The van der Waals surface area contributed by atoms with Crippen LogP contribution in [0.5, 0.6) is 0 Å². The molecule has 3 aliphatic rings. The number of nitrogens with zero attached hydrogens (tertiary/aromatic N) is 5. The number of hydrogen-bond acceptors (Lipinski definition) is 6. The fourth-order valence-electron chi connectivity index (χ4n) is 6.17. The zero-order valence-corrected chi connectivity index (χ0v) is 22.8. The van der Waals surface area contributed by atoms with Crippen LogP contribution < -0.4 is 4.90 Å². The Morgan fingerprint density at radius 3 is 2.39 bits per heavy atom. The number of likely N-dealkylation sites (tertiary alicyclic amines) is 1. The van der Waals surface area contributed by atoms with Crippen LogP contribution in [0.4, 0.5) is 5.69 Å². The molecule has 3 heterocycles. The molecule has 1 N–H and O–H groups in total. The second-order valence-corrected chi connectivity index (χ2v) is 11.0. The van der Waals surface area contributed by atoms with E-state index in [4.69, 9.17) is 0 Å². The fourth-order valence-corrected chi connectivity index (χ4v) is 6.17. The summed E-state index contributed by atoms with van der Waals surface area (Å²) in [6.07, 6.45) is 2.75. The minimum atomic E-state index is -0.964. The number of aliphatic hydroxyl groups is 1. The topological polar surface area (TPSA) is 99.0 Å². The van der Waals surface area contributed by atoms with Crippen molar-refractivity contribution in [1.82, 2.24) is 19.6 Å². The highest BCUT2D eigenvalue weighted by Crippen LogP contribution is 2.29. The lowest BCUT2D eigenvalue weighted by molar-refractivity contribution is -0.132. The summed E-state index contributed by atoms with van der Waals surface area (Å²) in [5.74, 6) is -0.412. The van der Waals surface area contributed by atoms with Gasteiger partial charge in [-0.1, -0.05) is 12.1 Å². The van der Waals surface area contributed by atoms with E-state index >= 15 is 0 Å². The van der Waals surface area contributed by atoms with Gasteiger partial charge in [-0.2, -0.15) is 5.10 Å². The highest BCUT2D eigenvalue weighted by Gasteiger charge is 2.34. The van der Waals surface area contributed by atoms with E-state index in [0.29, 0.717) is 44.7 Å². The maximum absolute atomic E-state index is 13.4. The van der Waals surface area contributed by atoms with E-state index in [1.165, 1.54) is 23.7 Å². The molecule has 9 heteroatoms. The zero-order chi connectivity index (χ0) is 27.0. The molecule has 2 fully saturated rings. The summed E-state index contributed by atoms with van der Waals surface area (Å²) in [5, 5.41) is 14.3. The van der Waals surface area contributed by atoms with Gasteiger partial charge in [-0.15, -0.1) is 0 Å². The Balaban J connectivity index is 1.22. The van der Waals surface area contributed by atoms with Gasteiger partial charge in [0.15, 0.2) is 11.5 Å². The average molecular weight is 522 g/mol. The molecule has 1 aromatic carbocycles. The van der Waals surface area contributed by atoms with E-state index in [-0.39, 0.29) is 30.1 Å². The Hall–Kier alpha value is -3.20. The lowest BCUT2D eigenvalue weighted by Gasteiger charge is -2.37. The van der Waals surface area contributed by atoms with Crippen LogP contribution in [0.15, 0.2) is 18.2 Å². The van der Waals surface area contributed by atoms with Gasteiger partial charge in [0.1, 0.15) is 12.6 Å². The number of aliphatic hydroxyl groups excluding tert-OH is 1. The van der Waals surface area contributed by atoms with E-state index in [1.54, 1.807) is 9.58 Å². The molecule has 2 saturated heterocycles. The number of ketones is 1. The molecular formula is C29H39N5O4. The molecule has 0 unspecified atom stereocenters. The molecule has 1 aliphatic carbocycles. The number of hydrogen-bond donors (Lipinski definition) is 1. The first-order valence-corrected chi connectivity index (χ1v) is 13.9. The normalized spacial score (nSPS) is 19.0. The van der Waals surface area contributed by atoms with Gasteiger partial charge in [0, 0.05) is 62.1 Å². The Labute approximate surface area is 224 Å². The third kappa shape index (κ3) is 5.08. The number of aryl methyl sites for hydroxylation is 1. The van der Waals surface area contributed by atoms with E-state index in [2.05, 4.69) is 42.0 Å². The summed E-state index contributed by atoms with van der Waals surface area (Å²) in [4.78, 5) is 44.9. The predicted molar refractivity (Wildman–Crippen MR) is 144 cm³/mol. The van der Waals surface area contributed by atoms with Crippen LogP contribution in [-0.2, 0) is 29.0 Å². The Morgan fingerprint density at radius 1 is 1.00 bits per heavy atom. The molecule has 38 heavy (non-hydrogen) atoms. The number of fused-ring (bicyclic) bond motifs is 1. The number of carbonyl (C=O) groups excluding carboxylic acids is 3. The summed E-state index contributed by atoms with van der Waals surface area (Å²) in [6, 6.07) is 6.36. The Kier molecular flexibility index (Phi) is 7.56. The van der Waals surface area contributed by atoms with Crippen molar-refractivity contribution in [3.05, 3.63) is 46.3 Å². The molecule has 204 valence electrons. The maximum atomic E-state index is 13.4. The van der Waals surface area contributed by atoms with Crippen molar-refractivity contribution in [1.29, 1.82) is 0 Å². The van der Waals surface area contributed by atoms with Crippen LogP contribution in [-0.4, -0.2) is 87.7 Å². The van der Waals surface area contributed by atoms with Crippen LogP contribution in [0, 0.1) is 19.8 Å². The SMILES string of the molecule is Cc1cccc(N2CCN(C(=O)Cn3nc(C(=O)N4CCC(C(=O)[C@H](C)O)CC4)c4c3CCC4)CC2)c1C. The monoisotopic (exact) mass is 521 g/mol. The van der Waals surface area contributed by atoms with Crippen LogP contribution in [0.3, 0.4) is 0 Å². The highest BCUT2D eigenvalue weighted by molar-refractivity contribution is 5.94. The van der Waals surface area contributed by atoms with Gasteiger partial charge in [-0.3, -0.25) is 19.1 Å². The molecule has 0 radical (unpaired) electrons. The quantitative estimate of drug-likeness (QED) is 0.626. The molecular weight excluding hydrogens is 482 g/mol. The fraction of sp³-hybridized carbons (Fsp3) is 0.586. The van der Waals surface area contributed by atoms with E-state index < -0.39 is 6.10 Å². The predicted octanol–water partition coefficient (Wildman–Crippen LogP) is 2.14. The number of piperidine rings is 1. The number of Topliss-reactive ketones (excluding diaryl/α,β-unsaturated/α-hetero) is 1. The number of carbonyl (C=O) groups is 3. The second kappa shape index (κ2) is 10.9. The second-order valence-electron chi connectivity index (χ2n) is 11.0. The maximum Gasteiger partial charge on any atom is 0.274 e. The summed E-state index contributed by atoms with van der Waals surface area (Å²) in [7, 11) is 0. The minimum Gasteiger partial charge on any atom is -0.386 e. The van der Waals surface area contributed by atoms with Gasteiger partial charge < -0.3 is 19.8 Å². The third-order valence-electron chi connectivity index (χ3n) is 8.64. The number of piperazine rings is 1. The molecule has 0 spiro atoms. The van der Waals surface area contributed by atoms with Gasteiger partial charge in [0.25, 0.3) is 5.91 Å². The van der Waals surface area contributed by atoms with Gasteiger partial charge in [-0.05, 0) is 70.1 Å². The molecule has 2 amide bonds. The summed E-state index contributed by atoms with van der Waals surface area (Å²) >= 11 is 0. The number of rotatable bonds is 6. The standard InChI is InChI=1S/C29H39N5O4/c1-19-6-4-8-24(20(19)2)31-14-16-32(17-15-31)26(36)18-34-25-9-5-7-23(25)27(30-34)29(38)33-12-10-22(11-13-33)28(37)21(3)35/h4,6,8,21-22,35H,5,7,9-18H2,1-3H3/t21-/m0/s1. The van der Waals surface area contributed by atoms with Crippen LogP contribution >= 0.6 is 0 Å². The first kappa shape index (κ1) is 26.4. The number of amides is 2. The number of anilines is 1. The van der Waals surface area contributed by atoms with Crippen LogP contribution in [0.2, 0.25) is 0 Å². The molecule has 2 aromatic rings. The van der Waals surface area contributed by atoms with Crippen LogP contribution in [0.25, 0.3) is 0 Å². The van der Waals surface area contributed by atoms with Crippen molar-refractivity contribution < 1.29 is 19.5 Å². The first-order valence-electron chi connectivity index (χ1n) is 13.9. The van der Waals surface area contributed by atoms with Crippen molar-refractivity contribution in [2.24, 2.45) is 5.92 Å². The van der Waals surface area contributed by atoms with Crippen LogP contribution in [0.1, 0.15) is 59.1 Å². The van der Waals surface area contributed by atoms with E-state index in [9.17, 15) is 19.5 Å². The lowest BCUT2D eigenvalue weighted by Crippen LogP contribution is -2.50. The van der Waals surface area contributed by atoms with E-state index in [1.807, 2.05) is 4.90 Å². The summed E-state index contributed by atoms with van der Waals surface area (Å²) in [6.45, 7) is 9.82. The highest BCUT2D eigenvalue weighted by atomic mass is 16.3. The number of benzene rings is 1. The van der Waals surface area contributed by atoms with Crippen molar-refractivity contribution in [3.63, 3.8) is 0 Å². The smallest absolute Gasteiger partial charge is 0.274 e. The average Bonchev–Trinajstić information content (AvgIpc) is 3.53. The van der Waals surface area contributed by atoms with Crippen molar-refractivity contribution >= 4 is 23.3 Å². The third-order valence-corrected chi connectivity index (χ3v) is 8.64. The van der Waals surface area contributed by atoms with E-state index in [0.717, 1.165) is 43.6 Å². The zero-order valence-electron chi connectivity index (χ0n) is 22.8. The summed E-state index contributed by atoms with van der Waals surface area (Å²) in [5.41, 5.74) is 6.25. The molecule has 5 rings (SSSR count). The van der Waals surface area contributed by atoms with Gasteiger partial charge in [-0.25, -0.2) is 0 Å². The van der Waals surface area contributed by atoms with Crippen molar-refractivity contribution in [2.45, 2.75) is 65.5 Å². The minimum absolute atomic E-state index is 0.0410. The molecule has 1 aromatic heterocycles. The molecule has 9 nitrogen and oxygen atoms in total. The molecule has 2 aliphatic heterocycles.